The van der Waals surface area contributed by atoms with Crippen molar-refractivity contribution in [2.75, 3.05) is 26.3 Å². The number of fused-ring (bicyclic) bond motifs is 1. The van der Waals surface area contributed by atoms with Crippen LogP contribution in [0.1, 0.15) is 37.0 Å². The molecule has 0 spiro atoms. The first-order valence-electron chi connectivity index (χ1n) is 10.0. The molecule has 2 bridgehead atoms. The molecule has 5 rings (SSSR count). The summed E-state index contributed by atoms with van der Waals surface area (Å²) in [4.78, 5) is 12.6. The van der Waals surface area contributed by atoms with Gasteiger partial charge < -0.3 is 4.74 Å². The molecule has 4 aliphatic rings. The molecule has 29 heavy (non-hydrogen) atoms. The van der Waals surface area contributed by atoms with Gasteiger partial charge in [-0.2, -0.15) is 9.41 Å². The van der Waals surface area contributed by atoms with Crippen molar-refractivity contribution in [2.24, 2.45) is 22.4 Å². The standard InChI is InChI=1S/C21H27N3O4S/c1-21(2)17-7-6-16(19(21)13-17)14-22-23-20(25)15-4-3-5-18(12-15)29(26,27)24-8-10-28-11-9-24/h3-6,12,14,17,19H,7-11,13H2,1-2H3,(H,23,25)/b22-14-/t17-,19-/m1/s1. The van der Waals surface area contributed by atoms with Gasteiger partial charge in [0.2, 0.25) is 10.0 Å². The molecular weight excluding hydrogens is 390 g/mol. The van der Waals surface area contributed by atoms with Gasteiger partial charge in [0, 0.05) is 18.7 Å². The number of hydrazone groups is 1. The summed E-state index contributed by atoms with van der Waals surface area (Å²) in [5.41, 5.74) is 4.26. The monoisotopic (exact) mass is 417 g/mol. The minimum absolute atomic E-state index is 0.105. The van der Waals surface area contributed by atoms with Crippen molar-refractivity contribution in [3.63, 3.8) is 0 Å². The third kappa shape index (κ3) is 3.76. The second-order valence-electron chi connectivity index (χ2n) is 8.49. The topological polar surface area (TPSA) is 88.1 Å². The van der Waals surface area contributed by atoms with E-state index in [1.54, 1.807) is 18.3 Å². The van der Waals surface area contributed by atoms with Gasteiger partial charge in [-0.3, -0.25) is 4.79 Å². The Labute approximate surface area is 171 Å². The fourth-order valence-corrected chi connectivity index (χ4v) is 5.96. The van der Waals surface area contributed by atoms with E-state index in [9.17, 15) is 13.2 Å². The molecule has 0 unspecified atom stereocenters. The van der Waals surface area contributed by atoms with E-state index >= 15 is 0 Å². The predicted molar refractivity (Wildman–Crippen MR) is 110 cm³/mol. The van der Waals surface area contributed by atoms with Crippen LogP contribution in [0.25, 0.3) is 0 Å². The van der Waals surface area contributed by atoms with Crippen LogP contribution in [0.2, 0.25) is 0 Å². The Morgan fingerprint density at radius 2 is 2.07 bits per heavy atom. The number of amides is 1. The van der Waals surface area contributed by atoms with Crippen molar-refractivity contribution < 1.29 is 17.9 Å². The predicted octanol–water partition coefficient (Wildman–Crippen LogP) is 2.42. The molecule has 0 radical (unpaired) electrons. The van der Waals surface area contributed by atoms with E-state index in [-0.39, 0.29) is 10.5 Å². The summed E-state index contributed by atoms with van der Waals surface area (Å²) in [5, 5.41) is 4.12. The smallest absolute Gasteiger partial charge is 0.271 e. The maximum absolute atomic E-state index is 12.8. The third-order valence-corrected chi connectivity index (χ3v) is 8.49. The molecule has 2 fully saturated rings. The van der Waals surface area contributed by atoms with E-state index in [1.165, 1.54) is 28.4 Å². The van der Waals surface area contributed by atoms with E-state index in [4.69, 9.17) is 4.74 Å². The van der Waals surface area contributed by atoms with Crippen LogP contribution in [0.15, 0.2) is 45.9 Å². The molecule has 8 heteroatoms. The number of hydrogen-bond donors (Lipinski definition) is 1. The second-order valence-corrected chi connectivity index (χ2v) is 10.4. The van der Waals surface area contributed by atoms with Gasteiger partial charge in [-0.15, -0.1) is 0 Å². The number of benzene rings is 1. The average molecular weight is 418 g/mol. The van der Waals surface area contributed by atoms with Crippen molar-refractivity contribution in [3.05, 3.63) is 41.5 Å². The van der Waals surface area contributed by atoms with Crippen LogP contribution in [0.3, 0.4) is 0 Å². The number of rotatable bonds is 5. The van der Waals surface area contributed by atoms with E-state index < -0.39 is 15.9 Å². The number of morpholine rings is 1. The second kappa shape index (κ2) is 7.66. The summed E-state index contributed by atoms with van der Waals surface area (Å²) in [6.07, 6.45) is 6.17. The number of allylic oxidation sites excluding steroid dienone is 2. The summed E-state index contributed by atoms with van der Waals surface area (Å²) in [6, 6.07) is 6.07. The summed E-state index contributed by atoms with van der Waals surface area (Å²) < 4.78 is 32.2. The summed E-state index contributed by atoms with van der Waals surface area (Å²) in [6.45, 7) is 5.95. The lowest BCUT2D eigenvalue weighted by molar-refractivity contribution is -0.00126. The molecule has 1 aliphatic heterocycles. The van der Waals surface area contributed by atoms with Crippen LogP contribution in [0.5, 0.6) is 0 Å². The first kappa shape index (κ1) is 20.3. The zero-order valence-electron chi connectivity index (χ0n) is 16.8. The number of sulfonamides is 1. The SMILES string of the molecule is CC1(C)[C@@H]2CC=C(/C=N\NC(=O)c3cccc(S(=O)(=O)N4CCOCC4)c3)[C@H]1C2. The summed E-state index contributed by atoms with van der Waals surface area (Å²) in [5.74, 6) is 0.807. The maximum atomic E-state index is 12.8. The number of carbonyl (C=O) groups is 1. The highest BCUT2D eigenvalue weighted by atomic mass is 32.2. The van der Waals surface area contributed by atoms with Crippen molar-refractivity contribution >= 4 is 22.1 Å². The van der Waals surface area contributed by atoms with Gasteiger partial charge in [-0.05, 0) is 53.9 Å². The van der Waals surface area contributed by atoms with Crippen molar-refractivity contribution in [1.29, 1.82) is 0 Å². The number of ether oxygens (including phenoxy) is 1. The van der Waals surface area contributed by atoms with Crippen LogP contribution >= 0.6 is 0 Å². The van der Waals surface area contributed by atoms with Crippen LogP contribution in [-0.2, 0) is 14.8 Å². The average Bonchev–Trinajstić information content (AvgIpc) is 2.74. The minimum Gasteiger partial charge on any atom is -0.379 e. The van der Waals surface area contributed by atoms with Gasteiger partial charge in [0.15, 0.2) is 0 Å². The Morgan fingerprint density at radius 3 is 2.76 bits per heavy atom. The highest BCUT2D eigenvalue weighted by Crippen LogP contribution is 2.58. The van der Waals surface area contributed by atoms with Crippen LogP contribution in [-0.4, -0.2) is 51.1 Å². The molecule has 2 atom stereocenters. The van der Waals surface area contributed by atoms with Crippen molar-refractivity contribution in [1.82, 2.24) is 9.73 Å². The van der Waals surface area contributed by atoms with Gasteiger partial charge in [0.05, 0.1) is 24.3 Å². The molecule has 1 aromatic carbocycles. The molecule has 1 heterocycles. The first-order chi connectivity index (χ1) is 13.8. The van der Waals surface area contributed by atoms with Crippen molar-refractivity contribution in [2.45, 2.75) is 31.6 Å². The van der Waals surface area contributed by atoms with Gasteiger partial charge >= 0.3 is 0 Å². The molecule has 0 aromatic heterocycles. The number of hydrogen-bond acceptors (Lipinski definition) is 5. The van der Waals surface area contributed by atoms with E-state index in [0.717, 1.165) is 12.3 Å². The Morgan fingerprint density at radius 1 is 1.31 bits per heavy atom. The Balaban J connectivity index is 1.43. The number of nitrogens with one attached hydrogen (secondary N) is 1. The molecular formula is C21H27N3O4S. The zero-order valence-corrected chi connectivity index (χ0v) is 17.6. The lowest BCUT2D eigenvalue weighted by atomic mass is 9.49. The number of carbonyl (C=O) groups excluding carboxylic acids is 1. The normalized spacial score (nSPS) is 26.6. The summed E-state index contributed by atoms with van der Waals surface area (Å²) in [7, 11) is -3.64. The quantitative estimate of drug-likeness (QED) is 0.589. The molecule has 156 valence electrons. The van der Waals surface area contributed by atoms with Gasteiger partial charge in [0.1, 0.15) is 0 Å². The van der Waals surface area contributed by atoms with Gasteiger partial charge in [-0.25, -0.2) is 13.8 Å². The molecule has 1 saturated carbocycles. The van der Waals surface area contributed by atoms with E-state index in [1.807, 2.05) is 0 Å². The highest BCUT2D eigenvalue weighted by molar-refractivity contribution is 7.89. The van der Waals surface area contributed by atoms with Crippen LogP contribution in [0.4, 0.5) is 0 Å². The van der Waals surface area contributed by atoms with E-state index in [0.29, 0.717) is 37.6 Å². The van der Waals surface area contributed by atoms with E-state index in [2.05, 4.69) is 30.5 Å². The molecule has 1 saturated heterocycles. The van der Waals surface area contributed by atoms with Crippen LogP contribution in [0, 0.1) is 17.3 Å². The largest absolute Gasteiger partial charge is 0.379 e. The fourth-order valence-electron chi connectivity index (χ4n) is 4.51. The number of nitrogens with zero attached hydrogens (tertiary/aromatic N) is 2. The lowest BCUT2D eigenvalue weighted by Gasteiger charge is -2.55. The van der Waals surface area contributed by atoms with Gasteiger partial charge in [0.25, 0.3) is 5.91 Å². The molecule has 3 aliphatic carbocycles. The Kier molecular flexibility index (Phi) is 5.35. The fraction of sp³-hybridized carbons (Fsp3) is 0.524. The van der Waals surface area contributed by atoms with Gasteiger partial charge in [-0.1, -0.05) is 26.0 Å². The lowest BCUT2D eigenvalue weighted by Crippen LogP contribution is -2.48. The van der Waals surface area contributed by atoms with Crippen LogP contribution < -0.4 is 5.43 Å². The zero-order chi connectivity index (χ0) is 20.6. The third-order valence-electron chi connectivity index (χ3n) is 6.59. The minimum atomic E-state index is -3.64. The molecule has 1 amide bonds. The Bertz CT molecular complexity index is 962. The highest BCUT2D eigenvalue weighted by Gasteiger charge is 2.50. The van der Waals surface area contributed by atoms with Crippen molar-refractivity contribution in [3.8, 4) is 0 Å². The molecule has 1 aromatic rings. The molecule has 7 nitrogen and oxygen atoms in total. The molecule has 1 N–H and O–H groups in total. The summed E-state index contributed by atoms with van der Waals surface area (Å²) >= 11 is 0. The first-order valence-corrected chi connectivity index (χ1v) is 11.5. The Hall–Kier alpha value is -2.03. The maximum Gasteiger partial charge on any atom is 0.271 e.